The van der Waals surface area contributed by atoms with Crippen molar-refractivity contribution < 1.29 is 4.52 Å². The second-order valence-electron chi connectivity index (χ2n) is 4.04. The zero-order valence-electron chi connectivity index (χ0n) is 8.83. The Bertz CT molecular complexity index is 445. The Morgan fingerprint density at radius 2 is 2.44 bits per heavy atom. The van der Waals surface area contributed by atoms with Crippen molar-refractivity contribution in [3.8, 4) is 0 Å². The van der Waals surface area contributed by atoms with Gasteiger partial charge in [-0.25, -0.2) is 4.68 Å². The summed E-state index contributed by atoms with van der Waals surface area (Å²) in [5.74, 6) is 0.784. The molecule has 6 heteroatoms. The molecule has 2 aromatic heterocycles. The van der Waals surface area contributed by atoms with Gasteiger partial charge in [-0.3, -0.25) is 0 Å². The molecule has 6 nitrogen and oxygen atoms in total. The van der Waals surface area contributed by atoms with Crippen LogP contribution in [0.3, 0.4) is 0 Å². The molecule has 2 heterocycles. The van der Waals surface area contributed by atoms with Crippen LogP contribution in [0.1, 0.15) is 24.3 Å². The fraction of sp³-hybridized carbons (Fsp3) is 0.500. The van der Waals surface area contributed by atoms with Crippen molar-refractivity contribution in [2.24, 2.45) is 0 Å². The minimum Gasteiger partial charge on any atom is -0.359 e. The molecule has 1 N–H and O–H groups in total. The summed E-state index contributed by atoms with van der Waals surface area (Å²) in [4.78, 5) is 0. The summed E-state index contributed by atoms with van der Waals surface area (Å²) in [5, 5.41) is 15.2. The molecule has 1 aliphatic rings. The van der Waals surface area contributed by atoms with Crippen LogP contribution in [-0.2, 0) is 13.1 Å². The average molecular weight is 219 g/mol. The average Bonchev–Trinajstić information content (AvgIpc) is 2.78. The Kier molecular flexibility index (Phi) is 2.41. The van der Waals surface area contributed by atoms with E-state index < -0.39 is 0 Å². The third-order valence-corrected chi connectivity index (χ3v) is 2.54. The minimum atomic E-state index is 0.580. The van der Waals surface area contributed by atoms with Crippen molar-refractivity contribution in [3.63, 3.8) is 0 Å². The molecule has 0 bridgehead atoms. The summed E-state index contributed by atoms with van der Waals surface area (Å²) >= 11 is 0. The standard InChI is InChI=1S/C10H13N5O/c1-2-8(1)11-5-9-6-15(14-13-9)7-10-3-4-12-16-10/h3-4,6,8,11H,1-2,5,7H2. The smallest absolute Gasteiger partial charge is 0.158 e. The number of hydrogen-bond acceptors (Lipinski definition) is 5. The summed E-state index contributed by atoms with van der Waals surface area (Å²) < 4.78 is 6.76. The van der Waals surface area contributed by atoms with E-state index in [1.54, 1.807) is 10.9 Å². The first kappa shape index (κ1) is 9.53. The molecule has 0 radical (unpaired) electrons. The monoisotopic (exact) mass is 219 g/mol. The van der Waals surface area contributed by atoms with Crippen LogP contribution in [0.15, 0.2) is 23.0 Å². The molecule has 1 saturated carbocycles. The topological polar surface area (TPSA) is 68.8 Å². The van der Waals surface area contributed by atoms with Crippen molar-refractivity contribution in [1.29, 1.82) is 0 Å². The number of aromatic nitrogens is 4. The van der Waals surface area contributed by atoms with E-state index in [0.29, 0.717) is 12.6 Å². The van der Waals surface area contributed by atoms with Crippen LogP contribution >= 0.6 is 0 Å². The molecule has 0 aliphatic heterocycles. The fourth-order valence-electron chi connectivity index (χ4n) is 1.52. The van der Waals surface area contributed by atoms with Gasteiger partial charge >= 0.3 is 0 Å². The molecule has 2 aromatic rings. The van der Waals surface area contributed by atoms with Gasteiger partial charge in [-0.15, -0.1) is 5.10 Å². The first-order chi connectivity index (χ1) is 7.90. The maximum Gasteiger partial charge on any atom is 0.158 e. The molecule has 16 heavy (non-hydrogen) atoms. The number of nitrogens with one attached hydrogen (secondary N) is 1. The summed E-state index contributed by atoms with van der Waals surface area (Å²) in [6.07, 6.45) is 6.12. The third kappa shape index (κ3) is 2.27. The summed E-state index contributed by atoms with van der Waals surface area (Å²) in [5.41, 5.74) is 0.964. The lowest BCUT2D eigenvalue weighted by atomic mass is 10.4. The first-order valence-electron chi connectivity index (χ1n) is 5.42. The summed E-state index contributed by atoms with van der Waals surface area (Å²) in [7, 11) is 0. The molecule has 84 valence electrons. The van der Waals surface area contributed by atoms with Crippen molar-refractivity contribution in [2.45, 2.75) is 32.0 Å². The minimum absolute atomic E-state index is 0.580. The normalized spacial score (nSPS) is 15.5. The lowest BCUT2D eigenvalue weighted by Gasteiger charge is -1.96. The lowest BCUT2D eigenvalue weighted by Crippen LogP contribution is -2.15. The number of rotatable bonds is 5. The largest absolute Gasteiger partial charge is 0.359 e. The van der Waals surface area contributed by atoms with Gasteiger partial charge in [0.1, 0.15) is 6.54 Å². The molecule has 1 fully saturated rings. The maximum atomic E-state index is 5.00. The van der Waals surface area contributed by atoms with Gasteiger partial charge < -0.3 is 9.84 Å². The highest BCUT2D eigenvalue weighted by atomic mass is 16.5. The van der Waals surface area contributed by atoms with E-state index in [2.05, 4.69) is 20.8 Å². The first-order valence-corrected chi connectivity index (χ1v) is 5.42. The van der Waals surface area contributed by atoms with Crippen LogP contribution in [0.25, 0.3) is 0 Å². The second-order valence-corrected chi connectivity index (χ2v) is 4.04. The fourth-order valence-corrected chi connectivity index (χ4v) is 1.52. The van der Waals surface area contributed by atoms with E-state index >= 15 is 0 Å². The second kappa shape index (κ2) is 4.05. The quantitative estimate of drug-likeness (QED) is 0.796. The predicted molar refractivity (Wildman–Crippen MR) is 55.5 cm³/mol. The van der Waals surface area contributed by atoms with E-state index in [9.17, 15) is 0 Å². The molecule has 0 aromatic carbocycles. The van der Waals surface area contributed by atoms with Gasteiger partial charge in [0.2, 0.25) is 0 Å². The van der Waals surface area contributed by atoms with Crippen molar-refractivity contribution in [1.82, 2.24) is 25.5 Å². The Labute approximate surface area is 92.6 Å². The highest BCUT2D eigenvalue weighted by Crippen LogP contribution is 2.18. The Morgan fingerprint density at radius 1 is 1.50 bits per heavy atom. The van der Waals surface area contributed by atoms with Gasteiger partial charge in [0.25, 0.3) is 0 Å². The van der Waals surface area contributed by atoms with E-state index in [1.807, 2.05) is 12.3 Å². The van der Waals surface area contributed by atoms with Gasteiger partial charge in [-0.05, 0) is 12.8 Å². The molecule has 0 saturated heterocycles. The van der Waals surface area contributed by atoms with E-state index in [4.69, 9.17) is 4.52 Å². The van der Waals surface area contributed by atoms with Crippen LogP contribution in [0.2, 0.25) is 0 Å². The molecule has 3 rings (SSSR count). The van der Waals surface area contributed by atoms with Crippen molar-refractivity contribution in [3.05, 3.63) is 29.9 Å². The molecular weight excluding hydrogens is 206 g/mol. The maximum absolute atomic E-state index is 5.00. The Morgan fingerprint density at radius 3 is 3.19 bits per heavy atom. The van der Waals surface area contributed by atoms with Crippen LogP contribution in [0, 0.1) is 0 Å². The van der Waals surface area contributed by atoms with E-state index in [-0.39, 0.29) is 0 Å². The summed E-state index contributed by atoms with van der Waals surface area (Å²) in [6.45, 7) is 1.37. The number of hydrogen-bond donors (Lipinski definition) is 1. The van der Waals surface area contributed by atoms with Gasteiger partial charge in [-0.2, -0.15) is 0 Å². The number of nitrogens with zero attached hydrogens (tertiary/aromatic N) is 4. The van der Waals surface area contributed by atoms with Gasteiger partial charge in [-0.1, -0.05) is 10.4 Å². The van der Waals surface area contributed by atoms with Crippen LogP contribution in [0.5, 0.6) is 0 Å². The zero-order chi connectivity index (χ0) is 10.8. The van der Waals surface area contributed by atoms with Crippen LogP contribution < -0.4 is 5.32 Å². The van der Waals surface area contributed by atoms with Crippen molar-refractivity contribution in [2.75, 3.05) is 0 Å². The van der Waals surface area contributed by atoms with Crippen LogP contribution in [-0.4, -0.2) is 26.2 Å². The molecular formula is C10H13N5O. The molecule has 0 atom stereocenters. The zero-order valence-corrected chi connectivity index (χ0v) is 8.83. The predicted octanol–water partition coefficient (Wildman–Crippen LogP) is 0.566. The SMILES string of the molecule is c1cc(Cn2cc(CNC3CC3)nn2)on1. The highest BCUT2D eigenvalue weighted by Gasteiger charge is 2.20. The van der Waals surface area contributed by atoms with Gasteiger partial charge in [0.05, 0.1) is 18.1 Å². The molecule has 0 spiro atoms. The van der Waals surface area contributed by atoms with Crippen LogP contribution in [0.4, 0.5) is 0 Å². The van der Waals surface area contributed by atoms with E-state index in [1.165, 1.54) is 12.8 Å². The molecule has 1 aliphatic carbocycles. The highest BCUT2D eigenvalue weighted by molar-refractivity contribution is 4.98. The van der Waals surface area contributed by atoms with Crippen molar-refractivity contribution >= 4 is 0 Å². The third-order valence-electron chi connectivity index (χ3n) is 2.54. The Balaban J connectivity index is 1.58. The lowest BCUT2D eigenvalue weighted by molar-refractivity contribution is 0.370. The summed E-state index contributed by atoms with van der Waals surface area (Å²) in [6, 6.07) is 2.52. The van der Waals surface area contributed by atoms with E-state index in [0.717, 1.165) is 18.0 Å². The Hall–Kier alpha value is -1.69. The molecule has 0 unspecified atom stereocenters. The van der Waals surface area contributed by atoms with Gasteiger partial charge in [0, 0.05) is 18.7 Å². The molecule has 0 amide bonds. The van der Waals surface area contributed by atoms with Gasteiger partial charge in [0.15, 0.2) is 5.76 Å².